The van der Waals surface area contributed by atoms with E-state index >= 15 is 0 Å². The lowest BCUT2D eigenvalue weighted by Gasteiger charge is -2.28. The Hall–Kier alpha value is -1.72. The molecule has 1 amide bonds. The van der Waals surface area contributed by atoms with E-state index in [1.54, 1.807) is 7.11 Å². The highest BCUT2D eigenvalue weighted by molar-refractivity contribution is 6.07. The van der Waals surface area contributed by atoms with Crippen LogP contribution in [-0.2, 0) is 16.1 Å². The van der Waals surface area contributed by atoms with Gasteiger partial charge < -0.3 is 4.74 Å². The van der Waals surface area contributed by atoms with E-state index in [-0.39, 0.29) is 5.91 Å². The predicted octanol–water partition coefficient (Wildman–Crippen LogP) is 2.48. The third kappa shape index (κ3) is 2.87. The second kappa shape index (κ2) is 6.78. The van der Waals surface area contributed by atoms with Crippen molar-refractivity contribution in [1.29, 1.82) is 0 Å². The Morgan fingerprint density at radius 3 is 2.73 bits per heavy atom. The molecule has 0 N–H and O–H groups in total. The van der Waals surface area contributed by atoms with Crippen LogP contribution in [0.5, 0.6) is 0 Å². The largest absolute Gasteiger partial charge is 0.383 e. The summed E-state index contributed by atoms with van der Waals surface area (Å²) >= 11 is 0. The number of amides is 1. The number of fused-ring (bicyclic) bond motifs is 2. The van der Waals surface area contributed by atoms with Gasteiger partial charge in [-0.2, -0.15) is 0 Å². The molecule has 2 fully saturated rings. The van der Waals surface area contributed by atoms with Gasteiger partial charge in [-0.15, -0.1) is 0 Å². The van der Waals surface area contributed by atoms with Crippen LogP contribution in [0.15, 0.2) is 29.3 Å². The molecule has 0 aromatic heterocycles. The minimum atomic E-state index is -0.509. The monoisotopic (exact) mass is 355 g/mol. The summed E-state index contributed by atoms with van der Waals surface area (Å²) in [5, 5.41) is 0. The number of hydrogen-bond donors (Lipinski definition) is 0. The Bertz CT molecular complexity index is 714. The van der Waals surface area contributed by atoms with E-state index in [2.05, 4.69) is 36.1 Å². The molecule has 2 aliphatic heterocycles. The zero-order valence-corrected chi connectivity index (χ0v) is 16.1. The van der Waals surface area contributed by atoms with E-state index in [1.165, 1.54) is 11.1 Å². The number of nitrogens with zero attached hydrogens (tertiary/aromatic N) is 3. The van der Waals surface area contributed by atoms with E-state index in [0.717, 1.165) is 38.3 Å². The molecular weight excluding hydrogens is 326 g/mol. The van der Waals surface area contributed by atoms with Crippen LogP contribution in [0.25, 0.3) is 0 Å². The van der Waals surface area contributed by atoms with E-state index < -0.39 is 5.54 Å². The molecular formula is C21H29N3O2. The molecule has 26 heavy (non-hydrogen) atoms. The van der Waals surface area contributed by atoms with E-state index in [9.17, 15) is 4.79 Å². The quantitative estimate of drug-likeness (QED) is 0.815. The van der Waals surface area contributed by atoms with Crippen LogP contribution in [0.4, 0.5) is 0 Å². The summed E-state index contributed by atoms with van der Waals surface area (Å²) in [6, 6.07) is 8.79. The Morgan fingerprint density at radius 1 is 1.23 bits per heavy atom. The van der Waals surface area contributed by atoms with Crippen molar-refractivity contribution >= 4 is 11.7 Å². The molecule has 140 valence electrons. The van der Waals surface area contributed by atoms with Gasteiger partial charge in [0.2, 0.25) is 0 Å². The molecule has 0 radical (unpaired) electrons. The molecule has 5 nitrogen and oxygen atoms in total. The topological polar surface area (TPSA) is 45.1 Å². The van der Waals surface area contributed by atoms with E-state index in [1.807, 2.05) is 11.8 Å². The minimum absolute atomic E-state index is 0.205. The highest BCUT2D eigenvalue weighted by Crippen LogP contribution is 2.50. The molecule has 1 aromatic rings. The van der Waals surface area contributed by atoms with Crippen molar-refractivity contribution in [2.45, 2.75) is 38.8 Å². The Balaban J connectivity index is 1.48. The van der Waals surface area contributed by atoms with Gasteiger partial charge in [-0.3, -0.25) is 19.6 Å². The molecule has 5 heteroatoms. The third-order valence-electron chi connectivity index (χ3n) is 6.44. The lowest BCUT2D eigenvalue weighted by atomic mass is 9.85. The number of rotatable bonds is 5. The standard InChI is InChI=1S/C21H29N3O2/c1-15-4-6-17(7-5-15)12-23-13-18-8-9-21(19(18)14-23)20(25)24(10-11-26-3)16(2)22-21/h4-7,18-19H,8-14H2,1-3H3/t18-,19+,21-/m1/s1. The van der Waals surface area contributed by atoms with Gasteiger partial charge in [-0.1, -0.05) is 29.8 Å². The van der Waals surface area contributed by atoms with Gasteiger partial charge in [0.05, 0.1) is 13.2 Å². The first-order valence-electron chi connectivity index (χ1n) is 9.69. The molecule has 1 aromatic carbocycles. The van der Waals surface area contributed by atoms with Crippen molar-refractivity contribution in [2.24, 2.45) is 16.8 Å². The van der Waals surface area contributed by atoms with Gasteiger partial charge in [0.1, 0.15) is 11.4 Å². The lowest BCUT2D eigenvalue weighted by Crippen LogP contribution is -2.47. The molecule has 3 aliphatic rings. The molecule has 1 saturated heterocycles. The summed E-state index contributed by atoms with van der Waals surface area (Å²) < 4.78 is 5.17. The SMILES string of the molecule is COCCN1C(=O)[C@]2(CC[C@@H]3CN(Cc4ccc(C)cc4)C[C@@H]32)N=C1C. The van der Waals surface area contributed by atoms with Crippen LogP contribution >= 0.6 is 0 Å². The normalized spacial score (nSPS) is 31.1. The highest BCUT2D eigenvalue weighted by atomic mass is 16.5. The maximum Gasteiger partial charge on any atom is 0.256 e. The number of carbonyl (C=O) groups is 1. The maximum absolute atomic E-state index is 13.2. The number of aryl methyl sites for hydroxylation is 1. The average molecular weight is 355 g/mol. The van der Waals surface area contributed by atoms with Crippen LogP contribution in [0.1, 0.15) is 30.9 Å². The minimum Gasteiger partial charge on any atom is -0.383 e. The van der Waals surface area contributed by atoms with E-state index in [0.29, 0.717) is 25.0 Å². The van der Waals surface area contributed by atoms with Gasteiger partial charge in [-0.05, 0) is 38.2 Å². The number of amidine groups is 1. The summed E-state index contributed by atoms with van der Waals surface area (Å²) in [6.07, 6.45) is 2.01. The molecule has 1 spiro atoms. The Labute approximate surface area is 156 Å². The number of hydrogen-bond acceptors (Lipinski definition) is 4. The summed E-state index contributed by atoms with van der Waals surface area (Å²) in [7, 11) is 1.67. The number of benzene rings is 1. The molecule has 3 atom stereocenters. The Kier molecular flexibility index (Phi) is 4.61. The number of aliphatic imine (C=N–C) groups is 1. The fraction of sp³-hybridized carbons (Fsp3) is 0.619. The van der Waals surface area contributed by atoms with Gasteiger partial charge >= 0.3 is 0 Å². The maximum atomic E-state index is 13.2. The molecule has 0 bridgehead atoms. The van der Waals surface area contributed by atoms with Gasteiger partial charge in [0.25, 0.3) is 5.91 Å². The summed E-state index contributed by atoms with van der Waals surface area (Å²) in [5.74, 6) is 2.01. The van der Waals surface area contributed by atoms with Crippen LogP contribution < -0.4 is 0 Å². The Morgan fingerprint density at radius 2 is 2.00 bits per heavy atom. The number of methoxy groups -OCH3 is 1. The summed E-state index contributed by atoms with van der Waals surface area (Å²) in [4.78, 5) is 22.5. The van der Waals surface area contributed by atoms with Crippen molar-refractivity contribution in [3.63, 3.8) is 0 Å². The van der Waals surface area contributed by atoms with Crippen LogP contribution in [-0.4, -0.2) is 60.4 Å². The zero-order chi connectivity index (χ0) is 18.3. The molecule has 0 unspecified atom stereocenters. The highest BCUT2D eigenvalue weighted by Gasteiger charge is 2.60. The molecule has 1 aliphatic carbocycles. The smallest absolute Gasteiger partial charge is 0.256 e. The fourth-order valence-corrected chi connectivity index (χ4v) is 5.09. The van der Waals surface area contributed by atoms with Crippen LogP contribution in [0, 0.1) is 18.8 Å². The summed E-state index contributed by atoms with van der Waals surface area (Å²) in [5.41, 5.74) is 2.14. The second-order valence-electron chi connectivity index (χ2n) is 8.12. The van der Waals surface area contributed by atoms with Crippen molar-refractivity contribution in [2.75, 3.05) is 33.4 Å². The number of ether oxygens (including phenoxy) is 1. The van der Waals surface area contributed by atoms with E-state index in [4.69, 9.17) is 9.73 Å². The first kappa shape index (κ1) is 17.7. The fourth-order valence-electron chi connectivity index (χ4n) is 5.09. The van der Waals surface area contributed by atoms with Crippen molar-refractivity contribution in [1.82, 2.24) is 9.80 Å². The first-order chi connectivity index (χ1) is 12.5. The number of carbonyl (C=O) groups excluding carboxylic acids is 1. The van der Waals surface area contributed by atoms with Crippen LogP contribution in [0.2, 0.25) is 0 Å². The zero-order valence-electron chi connectivity index (χ0n) is 16.1. The number of likely N-dealkylation sites (tertiary alicyclic amines) is 1. The van der Waals surface area contributed by atoms with Crippen molar-refractivity contribution in [3.05, 3.63) is 35.4 Å². The van der Waals surface area contributed by atoms with Crippen molar-refractivity contribution in [3.8, 4) is 0 Å². The average Bonchev–Trinajstić information content (AvgIpc) is 3.24. The van der Waals surface area contributed by atoms with Gasteiger partial charge in [0.15, 0.2) is 0 Å². The molecule has 1 saturated carbocycles. The van der Waals surface area contributed by atoms with Gasteiger partial charge in [-0.25, -0.2) is 0 Å². The molecule has 2 heterocycles. The van der Waals surface area contributed by atoms with Crippen molar-refractivity contribution < 1.29 is 9.53 Å². The van der Waals surface area contributed by atoms with Crippen LogP contribution in [0.3, 0.4) is 0 Å². The second-order valence-corrected chi connectivity index (χ2v) is 8.12. The van der Waals surface area contributed by atoms with Gasteiger partial charge in [0, 0.05) is 32.7 Å². The predicted molar refractivity (Wildman–Crippen MR) is 102 cm³/mol. The lowest BCUT2D eigenvalue weighted by molar-refractivity contribution is -0.132. The molecule has 4 rings (SSSR count). The summed E-state index contributed by atoms with van der Waals surface area (Å²) in [6.45, 7) is 8.27. The third-order valence-corrected chi connectivity index (χ3v) is 6.44. The first-order valence-corrected chi connectivity index (χ1v) is 9.69.